The summed E-state index contributed by atoms with van der Waals surface area (Å²) < 4.78 is 0. The van der Waals surface area contributed by atoms with Gasteiger partial charge in [0.25, 0.3) is 0 Å². The second kappa shape index (κ2) is 5.99. The Kier molecular flexibility index (Phi) is 5.22. The minimum absolute atomic E-state index is 0.211. The van der Waals surface area contributed by atoms with Crippen molar-refractivity contribution < 1.29 is 0 Å². The summed E-state index contributed by atoms with van der Waals surface area (Å²) in [6.45, 7) is 7.74. The fraction of sp³-hybridized carbons (Fsp3) is 1.00. The number of hydrogen-bond acceptors (Lipinski definition) is 3. The summed E-state index contributed by atoms with van der Waals surface area (Å²) in [4.78, 5) is 5.00. The fourth-order valence-electron chi connectivity index (χ4n) is 3.02. The number of nitrogens with zero attached hydrogens (tertiary/aromatic N) is 2. The van der Waals surface area contributed by atoms with Crippen molar-refractivity contribution in [3.63, 3.8) is 0 Å². The predicted octanol–water partition coefficient (Wildman–Crippen LogP) is 1.53. The van der Waals surface area contributed by atoms with Gasteiger partial charge in [-0.15, -0.1) is 0 Å². The van der Waals surface area contributed by atoms with E-state index in [9.17, 15) is 0 Å². The molecule has 1 aliphatic rings. The Morgan fingerprint density at radius 3 is 2.44 bits per heavy atom. The molecule has 16 heavy (non-hydrogen) atoms. The van der Waals surface area contributed by atoms with Gasteiger partial charge >= 0.3 is 0 Å². The second-order valence-corrected chi connectivity index (χ2v) is 5.30. The molecule has 1 unspecified atom stereocenters. The van der Waals surface area contributed by atoms with E-state index >= 15 is 0 Å². The first-order valence-electron chi connectivity index (χ1n) is 6.71. The van der Waals surface area contributed by atoms with E-state index in [-0.39, 0.29) is 5.54 Å². The Morgan fingerprint density at radius 2 is 2.00 bits per heavy atom. The quantitative estimate of drug-likeness (QED) is 0.773. The lowest BCUT2D eigenvalue weighted by molar-refractivity contribution is 0.0327. The number of likely N-dealkylation sites (tertiary alicyclic amines) is 1. The molecule has 1 aliphatic heterocycles. The summed E-state index contributed by atoms with van der Waals surface area (Å²) in [6.07, 6.45) is 4.94. The molecular weight excluding hydrogens is 198 g/mol. The van der Waals surface area contributed by atoms with Crippen LogP contribution >= 0.6 is 0 Å². The average Bonchev–Trinajstić information content (AvgIpc) is 2.32. The second-order valence-electron chi connectivity index (χ2n) is 5.30. The molecule has 1 atom stereocenters. The largest absolute Gasteiger partial charge is 0.329 e. The Bertz CT molecular complexity index is 193. The number of nitrogens with two attached hydrogens (primary N) is 1. The van der Waals surface area contributed by atoms with Gasteiger partial charge in [0.2, 0.25) is 0 Å². The lowest BCUT2D eigenvalue weighted by Gasteiger charge is -2.47. The van der Waals surface area contributed by atoms with Gasteiger partial charge in [0.15, 0.2) is 0 Å². The van der Waals surface area contributed by atoms with Crippen molar-refractivity contribution >= 4 is 0 Å². The van der Waals surface area contributed by atoms with Crippen LogP contribution in [0.1, 0.15) is 39.5 Å². The van der Waals surface area contributed by atoms with Crippen LogP contribution in [0.15, 0.2) is 0 Å². The lowest BCUT2D eigenvalue weighted by atomic mass is 9.88. The minimum Gasteiger partial charge on any atom is -0.329 e. The molecule has 0 amide bonds. The topological polar surface area (TPSA) is 32.5 Å². The van der Waals surface area contributed by atoms with Crippen LogP contribution in [-0.2, 0) is 0 Å². The summed E-state index contributed by atoms with van der Waals surface area (Å²) in [5.41, 5.74) is 6.23. The Balaban J connectivity index is 2.69. The number of piperidine rings is 1. The van der Waals surface area contributed by atoms with Gasteiger partial charge in [0.05, 0.1) is 0 Å². The molecule has 1 fully saturated rings. The molecule has 2 N–H and O–H groups in total. The van der Waals surface area contributed by atoms with Crippen molar-refractivity contribution in [3.05, 3.63) is 0 Å². The third-order valence-corrected chi connectivity index (χ3v) is 4.59. The van der Waals surface area contributed by atoms with Crippen LogP contribution in [0.2, 0.25) is 0 Å². The summed E-state index contributed by atoms with van der Waals surface area (Å²) in [5.74, 6) is 0. The maximum absolute atomic E-state index is 6.02. The highest BCUT2D eigenvalue weighted by Gasteiger charge is 2.35. The van der Waals surface area contributed by atoms with E-state index in [1.54, 1.807) is 0 Å². The molecule has 1 saturated heterocycles. The summed E-state index contributed by atoms with van der Waals surface area (Å²) >= 11 is 0. The first-order valence-corrected chi connectivity index (χ1v) is 6.71. The molecular formula is C13H29N3. The molecule has 0 radical (unpaired) electrons. The molecule has 0 saturated carbocycles. The standard InChI is InChI=1S/C13H29N3/c1-5-13(6-2,11-14)16(4)12-8-7-9-15(3)10-12/h12H,5-11,14H2,1-4H3. The molecule has 3 nitrogen and oxygen atoms in total. The van der Waals surface area contributed by atoms with Crippen LogP contribution in [0, 0.1) is 0 Å². The van der Waals surface area contributed by atoms with Gasteiger partial charge in [-0.3, -0.25) is 4.90 Å². The summed E-state index contributed by atoms with van der Waals surface area (Å²) in [7, 11) is 4.49. The SMILES string of the molecule is CCC(CC)(CN)N(C)C1CCCN(C)C1. The number of rotatable bonds is 5. The fourth-order valence-corrected chi connectivity index (χ4v) is 3.02. The number of hydrogen-bond donors (Lipinski definition) is 1. The van der Waals surface area contributed by atoms with Gasteiger partial charge in [-0.2, -0.15) is 0 Å². The van der Waals surface area contributed by atoms with Crippen molar-refractivity contribution in [1.29, 1.82) is 0 Å². The van der Waals surface area contributed by atoms with E-state index < -0.39 is 0 Å². The zero-order valence-electron chi connectivity index (χ0n) is 11.5. The van der Waals surface area contributed by atoms with Crippen LogP contribution in [0.5, 0.6) is 0 Å². The molecule has 1 heterocycles. The molecule has 0 aromatic carbocycles. The van der Waals surface area contributed by atoms with Crippen LogP contribution in [0.25, 0.3) is 0 Å². The Hall–Kier alpha value is -0.120. The molecule has 0 spiro atoms. The predicted molar refractivity (Wildman–Crippen MR) is 70.6 cm³/mol. The highest BCUT2D eigenvalue weighted by molar-refractivity contribution is 4.93. The Labute approximate surface area is 101 Å². The van der Waals surface area contributed by atoms with Crippen molar-refractivity contribution in [3.8, 4) is 0 Å². The van der Waals surface area contributed by atoms with E-state index in [0.29, 0.717) is 6.04 Å². The molecule has 3 heteroatoms. The van der Waals surface area contributed by atoms with E-state index in [0.717, 1.165) is 19.4 Å². The van der Waals surface area contributed by atoms with Gasteiger partial charge in [-0.1, -0.05) is 13.8 Å². The number of likely N-dealkylation sites (N-methyl/N-ethyl adjacent to an activating group) is 2. The van der Waals surface area contributed by atoms with E-state index in [1.165, 1.54) is 25.9 Å². The van der Waals surface area contributed by atoms with Crippen LogP contribution in [-0.4, -0.2) is 55.1 Å². The summed E-state index contributed by atoms with van der Waals surface area (Å²) in [6, 6.07) is 0.683. The maximum Gasteiger partial charge on any atom is 0.0326 e. The molecule has 0 aromatic heterocycles. The van der Waals surface area contributed by atoms with E-state index in [1.807, 2.05) is 0 Å². The molecule has 96 valence electrons. The maximum atomic E-state index is 6.02. The molecule has 0 aliphatic carbocycles. The first kappa shape index (κ1) is 13.9. The van der Waals surface area contributed by atoms with E-state index in [2.05, 4.69) is 37.7 Å². The lowest BCUT2D eigenvalue weighted by Crippen LogP contribution is -2.58. The smallest absolute Gasteiger partial charge is 0.0326 e. The van der Waals surface area contributed by atoms with Crippen molar-refractivity contribution in [2.75, 3.05) is 33.7 Å². The highest BCUT2D eigenvalue weighted by atomic mass is 15.3. The van der Waals surface area contributed by atoms with Crippen LogP contribution < -0.4 is 5.73 Å². The van der Waals surface area contributed by atoms with Crippen molar-refractivity contribution in [1.82, 2.24) is 9.80 Å². The monoisotopic (exact) mass is 227 g/mol. The van der Waals surface area contributed by atoms with Crippen LogP contribution in [0.4, 0.5) is 0 Å². The molecule has 0 bridgehead atoms. The normalized spacial score (nSPS) is 24.0. The minimum atomic E-state index is 0.211. The van der Waals surface area contributed by atoms with Crippen molar-refractivity contribution in [2.24, 2.45) is 5.73 Å². The van der Waals surface area contributed by atoms with Crippen molar-refractivity contribution in [2.45, 2.75) is 51.1 Å². The van der Waals surface area contributed by atoms with E-state index in [4.69, 9.17) is 5.73 Å². The van der Waals surface area contributed by atoms with Crippen LogP contribution in [0.3, 0.4) is 0 Å². The Morgan fingerprint density at radius 1 is 1.38 bits per heavy atom. The van der Waals surface area contributed by atoms with Gasteiger partial charge < -0.3 is 10.6 Å². The third-order valence-electron chi connectivity index (χ3n) is 4.59. The van der Waals surface area contributed by atoms with Gasteiger partial charge in [0, 0.05) is 24.7 Å². The summed E-state index contributed by atoms with van der Waals surface area (Å²) in [5, 5.41) is 0. The third kappa shape index (κ3) is 2.76. The zero-order chi connectivity index (χ0) is 12.2. The highest BCUT2D eigenvalue weighted by Crippen LogP contribution is 2.27. The van der Waals surface area contributed by atoms with Gasteiger partial charge in [0.1, 0.15) is 0 Å². The first-order chi connectivity index (χ1) is 7.59. The van der Waals surface area contributed by atoms with Gasteiger partial charge in [-0.05, 0) is 46.3 Å². The molecule has 1 rings (SSSR count). The molecule has 0 aromatic rings. The zero-order valence-corrected chi connectivity index (χ0v) is 11.5. The average molecular weight is 227 g/mol. The van der Waals surface area contributed by atoms with Gasteiger partial charge in [-0.25, -0.2) is 0 Å².